The first-order chi connectivity index (χ1) is 14.6. The van der Waals surface area contributed by atoms with Gasteiger partial charge in [0, 0.05) is 38.4 Å². The van der Waals surface area contributed by atoms with E-state index in [0.29, 0.717) is 13.0 Å². The zero-order chi connectivity index (χ0) is 21.2. The molecule has 1 saturated heterocycles. The van der Waals surface area contributed by atoms with Crippen LogP contribution in [-0.4, -0.2) is 56.7 Å². The number of benzene rings is 2. The van der Waals surface area contributed by atoms with Crippen LogP contribution in [0.5, 0.6) is 5.75 Å². The second-order valence-electron chi connectivity index (χ2n) is 7.98. The summed E-state index contributed by atoms with van der Waals surface area (Å²) < 4.78 is 5.43. The third-order valence-electron chi connectivity index (χ3n) is 5.56. The van der Waals surface area contributed by atoms with E-state index >= 15 is 0 Å². The van der Waals surface area contributed by atoms with E-state index < -0.39 is 0 Å². The molecule has 0 atom stereocenters. The van der Waals surface area contributed by atoms with Crippen LogP contribution in [0.3, 0.4) is 0 Å². The van der Waals surface area contributed by atoms with Gasteiger partial charge in [0.1, 0.15) is 5.75 Å². The molecule has 0 spiro atoms. The molecule has 0 bridgehead atoms. The summed E-state index contributed by atoms with van der Waals surface area (Å²) in [5.74, 6) is 0.937. The zero-order valence-electron chi connectivity index (χ0n) is 18.4. The lowest BCUT2D eigenvalue weighted by molar-refractivity contribution is -0.120. The Morgan fingerprint density at radius 1 is 1.03 bits per heavy atom. The minimum absolute atomic E-state index is 0.0888. The fraction of sp³-hybridized carbons (Fsp3) is 0.480. The summed E-state index contributed by atoms with van der Waals surface area (Å²) in [7, 11) is 0. The standard InChI is InChI=1S/C25H35N3O2/c1-3-30-24-11-9-22(10-12-24)20-25(29)26-13-4-5-14-27-15-17-28(18-16-27)23-8-6-7-21(2)19-23/h6-12,19H,3-5,13-18,20H2,1-2H3,(H,26,29). The van der Waals surface area contributed by atoms with Gasteiger partial charge in [0.05, 0.1) is 13.0 Å². The number of hydrogen-bond acceptors (Lipinski definition) is 4. The van der Waals surface area contributed by atoms with Crippen molar-refractivity contribution in [3.63, 3.8) is 0 Å². The molecule has 0 aliphatic carbocycles. The molecule has 1 aliphatic heterocycles. The number of amides is 1. The lowest BCUT2D eigenvalue weighted by Crippen LogP contribution is -2.46. The smallest absolute Gasteiger partial charge is 0.224 e. The third kappa shape index (κ3) is 7.06. The van der Waals surface area contributed by atoms with Gasteiger partial charge < -0.3 is 15.0 Å². The number of nitrogens with one attached hydrogen (secondary N) is 1. The first-order valence-electron chi connectivity index (χ1n) is 11.2. The summed E-state index contributed by atoms with van der Waals surface area (Å²) in [4.78, 5) is 17.1. The van der Waals surface area contributed by atoms with Crippen LogP contribution in [-0.2, 0) is 11.2 Å². The van der Waals surface area contributed by atoms with E-state index in [2.05, 4.69) is 46.3 Å². The Hall–Kier alpha value is -2.53. The number of piperazine rings is 1. The first-order valence-corrected chi connectivity index (χ1v) is 11.2. The van der Waals surface area contributed by atoms with Crippen molar-refractivity contribution in [3.8, 4) is 5.75 Å². The van der Waals surface area contributed by atoms with E-state index in [1.165, 1.54) is 11.3 Å². The summed E-state index contributed by atoms with van der Waals surface area (Å²) in [6, 6.07) is 16.5. The molecule has 1 N–H and O–H groups in total. The van der Waals surface area contributed by atoms with Gasteiger partial charge in [0.25, 0.3) is 0 Å². The molecule has 1 heterocycles. The molecule has 0 radical (unpaired) electrons. The van der Waals surface area contributed by atoms with Gasteiger partial charge in [-0.2, -0.15) is 0 Å². The molecule has 0 aromatic heterocycles. The Morgan fingerprint density at radius 3 is 2.50 bits per heavy atom. The Morgan fingerprint density at radius 2 is 1.80 bits per heavy atom. The number of nitrogens with zero attached hydrogens (tertiary/aromatic N) is 2. The van der Waals surface area contributed by atoms with E-state index in [0.717, 1.165) is 63.4 Å². The molecule has 0 unspecified atom stereocenters. The molecule has 2 aromatic carbocycles. The van der Waals surface area contributed by atoms with Crippen LogP contribution in [0.25, 0.3) is 0 Å². The topological polar surface area (TPSA) is 44.8 Å². The van der Waals surface area contributed by atoms with Crippen LogP contribution in [0.15, 0.2) is 48.5 Å². The number of unbranched alkanes of at least 4 members (excludes halogenated alkanes) is 1. The predicted octanol–water partition coefficient (Wildman–Crippen LogP) is 3.65. The van der Waals surface area contributed by atoms with Crippen LogP contribution in [0.2, 0.25) is 0 Å². The summed E-state index contributed by atoms with van der Waals surface area (Å²) in [5, 5.41) is 3.05. The monoisotopic (exact) mass is 409 g/mol. The highest BCUT2D eigenvalue weighted by Gasteiger charge is 2.16. The lowest BCUT2D eigenvalue weighted by Gasteiger charge is -2.36. The quantitative estimate of drug-likeness (QED) is 0.609. The average molecular weight is 410 g/mol. The van der Waals surface area contributed by atoms with Crippen molar-refractivity contribution in [1.82, 2.24) is 10.2 Å². The number of hydrogen-bond donors (Lipinski definition) is 1. The van der Waals surface area contributed by atoms with Gasteiger partial charge in [0.15, 0.2) is 0 Å². The minimum Gasteiger partial charge on any atom is -0.494 e. The zero-order valence-corrected chi connectivity index (χ0v) is 18.4. The highest BCUT2D eigenvalue weighted by atomic mass is 16.5. The second-order valence-corrected chi connectivity index (χ2v) is 7.98. The van der Waals surface area contributed by atoms with Gasteiger partial charge in [0.2, 0.25) is 5.91 Å². The predicted molar refractivity (Wildman–Crippen MR) is 123 cm³/mol. The normalized spacial score (nSPS) is 14.5. The number of carbonyl (C=O) groups is 1. The summed E-state index contributed by atoms with van der Waals surface area (Å²) in [5.41, 5.74) is 3.67. The van der Waals surface area contributed by atoms with Crippen molar-refractivity contribution in [1.29, 1.82) is 0 Å². The maximum Gasteiger partial charge on any atom is 0.224 e. The Bertz CT molecular complexity index is 783. The molecule has 3 rings (SSSR count). The van der Waals surface area contributed by atoms with Crippen molar-refractivity contribution >= 4 is 11.6 Å². The fourth-order valence-electron chi connectivity index (χ4n) is 3.86. The van der Waals surface area contributed by atoms with Crippen LogP contribution in [0.1, 0.15) is 30.9 Å². The van der Waals surface area contributed by atoms with Crippen LogP contribution >= 0.6 is 0 Å². The summed E-state index contributed by atoms with van der Waals surface area (Å²) >= 11 is 0. The molecule has 1 fully saturated rings. The molecule has 162 valence electrons. The maximum atomic E-state index is 12.1. The summed E-state index contributed by atoms with van der Waals surface area (Å²) in [6.07, 6.45) is 2.56. The number of rotatable bonds is 10. The molecule has 2 aromatic rings. The van der Waals surface area contributed by atoms with Gasteiger partial charge in [-0.3, -0.25) is 9.69 Å². The Labute approximate surface area is 181 Å². The highest BCUT2D eigenvalue weighted by molar-refractivity contribution is 5.78. The highest BCUT2D eigenvalue weighted by Crippen LogP contribution is 2.18. The molecule has 5 heteroatoms. The van der Waals surface area contributed by atoms with Gasteiger partial charge >= 0.3 is 0 Å². The molecule has 5 nitrogen and oxygen atoms in total. The molecule has 1 amide bonds. The van der Waals surface area contributed by atoms with E-state index in [9.17, 15) is 4.79 Å². The van der Waals surface area contributed by atoms with Gasteiger partial charge in [-0.25, -0.2) is 0 Å². The van der Waals surface area contributed by atoms with E-state index in [1.807, 2.05) is 31.2 Å². The average Bonchev–Trinajstić information content (AvgIpc) is 2.75. The lowest BCUT2D eigenvalue weighted by atomic mass is 10.1. The molecular formula is C25H35N3O2. The van der Waals surface area contributed by atoms with Crippen molar-refractivity contribution < 1.29 is 9.53 Å². The molecular weight excluding hydrogens is 374 g/mol. The number of aryl methyl sites for hydroxylation is 1. The summed E-state index contributed by atoms with van der Waals surface area (Å²) in [6.45, 7) is 11.0. The molecule has 0 saturated carbocycles. The van der Waals surface area contributed by atoms with Crippen molar-refractivity contribution in [2.24, 2.45) is 0 Å². The largest absolute Gasteiger partial charge is 0.494 e. The van der Waals surface area contributed by atoms with E-state index in [1.54, 1.807) is 0 Å². The Kier molecular flexibility index (Phi) is 8.57. The van der Waals surface area contributed by atoms with E-state index in [-0.39, 0.29) is 5.91 Å². The number of anilines is 1. The van der Waals surface area contributed by atoms with Gasteiger partial charge in [-0.05, 0) is 68.6 Å². The molecule has 30 heavy (non-hydrogen) atoms. The van der Waals surface area contributed by atoms with Crippen LogP contribution in [0, 0.1) is 6.92 Å². The van der Waals surface area contributed by atoms with Gasteiger partial charge in [-0.1, -0.05) is 24.3 Å². The SMILES string of the molecule is CCOc1ccc(CC(=O)NCCCCN2CCN(c3cccc(C)c3)CC2)cc1. The Balaban J connectivity index is 1.26. The molecule has 1 aliphatic rings. The number of carbonyl (C=O) groups excluding carboxylic acids is 1. The first kappa shape index (κ1) is 22.2. The van der Waals surface area contributed by atoms with Crippen molar-refractivity contribution in [2.45, 2.75) is 33.1 Å². The van der Waals surface area contributed by atoms with Crippen molar-refractivity contribution in [3.05, 3.63) is 59.7 Å². The minimum atomic E-state index is 0.0888. The fourth-order valence-corrected chi connectivity index (χ4v) is 3.86. The number of ether oxygens (including phenoxy) is 1. The van der Waals surface area contributed by atoms with Crippen LogP contribution in [0.4, 0.5) is 5.69 Å². The van der Waals surface area contributed by atoms with Crippen LogP contribution < -0.4 is 15.0 Å². The van der Waals surface area contributed by atoms with Gasteiger partial charge in [-0.15, -0.1) is 0 Å². The van der Waals surface area contributed by atoms with Crippen molar-refractivity contribution in [2.75, 3.05) is 50.8 Å². The third-order valence-corrected chi connectivity index (χ3v) is 5.56. The van der Waals surface area contributed by atoms with E-state index in [4.69, 9.17) is 4.74 Å². The maximum absolute atomic E-state index is 12.1. The second kappa shape index (κ2) is 11.6.